The molecule has 0 unspecified atom stereocenters. The second kappa shape index (κ2) is 9.71. The van der Waals surface area contributed by atoms with Crippen LogP contribution in [-0.4, -0.2) is 64.2 Å². The monoisotopic (exact) mass is 562 g/mol. The van der Waals surface area contributed by atoms with Crippen molar-refractivity contribution in [2.45, 2.75) is 0 Å². The molecule has 0 radical (unpaired) electrons. The van der Waals surface area contributed by atoms with Gasteiger partial charge in [0.15, 0.2) is 0 Å². The van der Waals surface area contributed by atoms with Crippen LogP contribution in [0.25, 0.3) is 57.5 Å². The number of hydrogen-bond acceptors (Lipinski definition) is 6. The van der Waals surface area contributed by atoms with Crippen molar-refractivity contribution in [2.75, 3.05) is 0 Å². The first-order chi connectivity index (χ1) is 20.1. The molecule has 2 aliphatic rings. The predicted molar refractivity (Wildman–Crippen MR) is 152 cm³/mol. The van der Waals surface area contributed by atoms with Gasteiger partial charge in [0.1, 0.15) is 16.7 Å². The predicted octanol–water partition coefficient (Wildman–Crippen LogP) is 5.12. The van der Waals surface area contributed by atoms with Gasteiger partial charge in [0.25, 0.3) is 0 Å². The Labute approximate surface area is 234 Å². The zero-order chi connectivity index (χ0) is 29.7. The number of hydrogen-bond donors (Lipinski definition) is 6. The number of H-pyrrole nitrogens is 2. The van der Waals surface area contributed by atoms with E-state index in [0.717, 1.165) is 0 Å². The summed E-state index contributed by atoms with van der Waals surface area (Å²) in [5, 5.41) is 39.9. The summed E-state index contributed by atoms with van der Waals surface area (Å²) < 4.78 is 0. The van der Waals surface area contributed by atoms with E-state index >= 15 is 0 Å². The van der Waals surface area contributed by atoms with Crippen LogP contribution in [0.5, 0.6) is 0 Å². The summed E-state index contributed by atoms with van der Waals surface area (Å²) in [4.78, 5) is 63.6. The molecule has 6 rings (SSSR count). The summed E-state index contributed by atoms with van der Waals surface area (Å²) >= 11 is 0. The number of carboxylic acids is 4. The molecule has 0 aliphatic carbocycles. The first kappa shape index (κ1) is 26.0. The molecule has 0 spiro atoms. The lowest BCUT2D eigenvalue weighted by Crippen LogP contribution is -2.03. The van der Waals surface area contributed by atoms with Crippen molar-refractivity contribution >= 4 is 70.2 Å². The maximum atomic E-state index is 12.7. The Kier molecular flexibility index (Phi) is 6.00. The van der Waals surface area contributed by atoms with Gasteiger partial charge in [-0.2, -0.15) is 0 Å². The number of rotatable bonds is 5. The van der Waals surface area contributed by atoms with Crippen molar-refractivity contribution in [1.82, 2.24) is 19.9 Å². The highest BCUT2D eigenvalue weighted by molar-refractivity contribution is 6.08. The van der Waals surface area contributed by atoms with E-state index in [4.69, 9.17) is 0 Å². The van der Waals surface area contributed by atoms with Gasteiger partial charge in [-0.15, -0.1) is 0 Å². The molecule has 0 atom stereocenters. The van der Waals surface area contributed by atoms with Crippen molar-refractivity contribution < 1.29 is 39.6 Å². The Morgan fingerprint density at radius 1 is 0.595 bits per heavy atom. The fraction of sp³-hybridized carbons (Fsp3) is 0. The van der Waals surface area contributed by atoms with Gasteiger partial charge in [-0.3, -0.25) is 0 Å². The molecule has 42 heavy (non-hydrogen) atoms. The summed E-state index contributed by atoms with van der Waals surface area (Å²) in [5.74, 6) is -5.19. The van der Waals surface area contributed by atoms with Gasteiger partial charge in [0.2, 0.25) is 0 Å². The van der Waals surface area contributed by atoms with Crippen molar-refractivity contribution in [3.8, 4) is 11.1 Å². The first-order valence-electron chi connectivity index (χ1n) is 12.3. The van der Waals surface area contributed by atoms with E-state index in [0.29, 0.717) is 22.3 Å². The molecule has 12 nitrogen and oxygen atoms in total. The summed E-state index contributed by atoms with van der Waals surface area (Å²) in [7, 11) is 0. The molecular formula is C30H18N4O8. The van der Waals surface area contributed by atoms with Crippen LogP contribution < -0.4 is 0 Å². The Morgan fingerprint density at radius 3 is 1.81 bits per heavy atom. The highest BCUT2D eigenvalue weighted by Gasteiger charge is 2.22. The number of aromatic carboxylic acids is 4. The van der Waals surface area contributed by atoms with Crippen molar-refractivity contribution in [3.63, 3.8) is 0 Å². The summed E-state index contributed by atoms with van der Waals surface area (Å²) in [6.07, 6.45) is 5.79. The fourth-order valence-corrected chi connectivity index (χ4v) is 4.95. The van der Waals surface area contributed by atoms with Crippen LogP contribution >= 0.6 is 0 Å². The van der Waals surface area contributed by atoms with E-state index < -0.39 is 23.9 Å². The molecule has 0 amide bonds. The Bertz CT molecular complexity index is 2120. The summed E-state index contributed by atoms with van der Waals surface area (Å²) in [5.41, 5.74) is 0.957. The molecule has 2 aliphatic heterocycles. The third-order valence-corrected chi connectivity index (χ3v) is 6.75. The lowest BCUT2D eigenvalue weighted by molar-refractivity contribution is 0.0686. The van der Waals surface area contributed by atoms with Crippen LogP contribution in [0.4, 0.5) is 0 Å². The van der Waals surface area contributed by atoms with Crippen molar-refractivity contribution in [1.29, 1.82) is 0 Å². The molecule has 6 N–H and O–H groups in total. The minimum Gasteiger partial charge on any atom is -0.478 e. The van der Waals surface area contributed by atoms with Crippen LogP contribution in [0.1, 0.15) is 64.2 Å². The average Bonchev–Trinajstić information content (AvgIpc) is 3.74. The molecule has 12 heteroatoms. The van der Waals surface area contributed by atoms with E-state index in [-0.39, 0.29) is 55.9 Å². The average molecular weight is 562 g/mol. The molecule has 8 bridgehead atoms. The maximum absolute atomic E-state index is 12.7. The van der Waals surface area contributed by atoms with E-state index in [1.165, 1.54) is 48.6 Å². The van der Waals surface area contributed by atoms with Gasteiger partial charge < -0.3 is 30.4 Å². The summed E-state index contributed by atoms with van der Waals surface area (Å²) in [6, 6.07) is 12.0. The number of fused-ring (bicyclic) bond motifs is 8. The van der Waals surface area contributed by atoms with E-state index in [2.05, 4.69) is 19.9 Å². The third-order valence-electron chi connectivity index (χ3n) is 6.75. The van der Waals surface area contributed by atoms with Gasteiger partial charge in [0.05, 0.1) is 44.9 Å². The normalized spacial score (nSPS) is 11.9. The van der Waals surface area contributed by atoms with Crippen LogP contribution in [0, 0.1) is 0 Å². The zero-order valence-corrected chi connectivity index (χ0v) is 21.2. The SMILES string of the molecule is O=C(O)c1cccc(-c2cc3cc4nc(c(C(=O)O)c5ccc([nH]5)c(C(=O)O)c5nc(c(C(=O)O)c2[nH]3)C=C5)C=C4)c1. The second-order valence-corrected chi connectivity index (χ2v) is 9.34. The number of nitrogens with zero attached hydrogens (tertiary/aromatic N) is 2. The molecule has 0 fully saturated rings. The molecule has 5 heterocycles. The largest absolute Gasteiger partial charge is 0.478 e. The maximum Gasteiger partial charge on any atom is 0.340 e. The second-order valence-electron chi connectivity index (χ2n) is 9.34. The Morgan fingerprint density at radius 2 is 1.19 bits per heavy atom. The first-order valence-corrected chi connectivity index (χ1v) is 12.3. The quantitative estimate of drug-likeness (QED) is 0.163. The van der Waals surface area contributed by atoms with Crippen LogP contribution in [0.2, 0.25) is 0 Å². The molecule has 0 saturated carbocycles. The molecule has 0 saturated heterocycles. The van der Waals surface area contributed by atoms with E-state index in [1.807, 2.05) is 0 Å². The lowest BCUT2D eigenvalue weighted by atomic mass is 10.0. The smallest absolute Gasteiger partial charge is 0.340 e. The number of benzene rings is 1. The van der Waals surface area contributed by atoms with Crippen molar-refractivity contribution in [3.05, 3.63) is 93.6 Å². The molecule has 3 aromatic heterocycles. The molecule has 206 valence electrons. The molecular weight excluding hydrogens is 544 g/mol. The Balaban J connectivity index is 1.82. The minimum atomic E-state index is -1.38. The topological polar surface area (TPSA) is 207 Å². The molecule has 4 aromatic rings. The van der Waals surface area contributed by atoms with Gasteiger partial charge in [-0.05, 0) is 66.3 Å². The van der Waals surface area contributed by atoms with Gasteiger partial charge >= 0.3 is 23.9 Å². The molecule has 1 aromatic carbocycles. The zero-order valence-electron chi connectivity index (χ0n) is 21.2. The highest BCUT2D eigenvalue weighted by atomic mass is 16.4. The minimum absolute atomic E-state index is 0.0147. The standard InChI is InChI=1S/C30H18N4O8/c35-27(36)14-3-1-2-13(10-14)17-12-16-11-15-4-5-18(31-15)23(28(37)38)19-6-7-20(33-19)24(29(39)40)21-8-9-22(34-21)25(30(41)42)26(17)32-16/h1-12,32-33H,(H,35,36)(H,37,38)(H,39,40)(H,41,42). The van der Waals surface area contributed by atoms with E-state index in [9.17, 15) is 39.6 Å². The number of nitrogens with one attached hydrogen (secondary N) is 2. The number of aromatic amines is 2. The third kappa shape index (κ3) is 4.38. The van der Waals surface area contributed by atoms with Crippen LogP contribution in [0.3, 0.4) is 0 Å². The lowest BCUT2D eigenvalue weighted by Gasteiger charge is -2.04. The fourth-order valence-electron chi connectivity index (χ4n) is 4.95. The summed E-state index contributed by atoms with van der Waals surface area (Å²) in [6.45, 7) is 0. The van der Waals surface area contributed by atoms with Gasteiger partial charge in [-0.1, -0.05) is 12.1 Å². The highest BCUT2D eigenvalue weighted by Crippen LogP contribution is 2.32. The Hall–Kier alpha value is -6.30. The van der Waals surface area contributed by atoms with Crippen LogP contribution in [-0.2, 0) is 0 Å². The van der Waals surface area contributed by atoms with Crippen molar-refractivity contribution in [2.24, 2.45) is 0 Å². The van der Waals surface area contributed by atoms with E-state index in [1.54, 1.807) is 24.3 Å². The van der Waals surface area contributed by atoms with Gasteiger partial charge in [0, 0.05) is 11.1 Å². The number of carboxylic acid groups (broad SMARTS) is 4. The van der Waals surface area contributed by atoms with Gasteiger partial charge in [-0.25, -0.2) is 29.1 Å². The number of carbonyl (C=O) groups is 4. The van der Waals surface area contributed by atoms with Crippen LogP contribution in [0.15, 0.2) is 48.5 Å². The number of aromatic nitrogens is 4.